The van der Waals surface area contributed by atoms with Crippen molar-refractivity contribution in [2.24, 2.45) is 5.14 Å². The lowest BCUT2D eigenvalue weighted by Crippen LogP contribution is -2.56. The number of rotatable bonds is 3. The Morgan fingerprint density at radius 3 is 2.50 bits per heavy atom. The molecular weight excluding hydrogens is 226 g/mol. The highest BCUT2D eigenvalue weighted by atomic mass is 32.2. The van der Waals surface area contributed by atoms with Gasteiger partial charge in [-0.05, 0) is 12.1 Å². The van der Waals surface area contributed by atoms with Crippen LogP contribution in [-0.4, -0.2) is 34.6 Å². The van der Waals surface area contributed by atoms with Gasteiger partial charge in [0.1, 0.15) is 4.90 Å². The molecule has 2 rings (SSSR count). The fourth-order valence-electron chi connectivity index (χ4n) is 1.73. The van der Waals surface area contributed by atoms with Crippen molar-refractivity contribution in [3.8, 4) is 0 Å². The molecule has 1 saturated heterocycles. The zero-order chi connectivity index (χ0) is 11.8. The van der Waals surface area contributed by atoms with Gasteiger partial charge in [0, 0.05) is 20.1 Å². The van der Waals surface area contributed by atoms with E-state index in [-0.39, 0.29) is 4.90 Å². The maximum Gasteiger partial charge on any atom is 0.240 e. The first kappa shape index (κ1) is 11.4. The summed E-state index contributed by atoms with van der Waals surface area (Å²) in [6, 6.07) is 7.14. The van der Waals surface area contributed by atoms with Crippen molar-refractivity contribution in [3.05, 3.63) is 24.3 Å². The minimum absolute atomic E-state index is 0.185. The number of nitrogens with one attached hydrogen (secondary N) is 1. The van der Waals surface area contributed by atoms with Crippen molar-refractivity contribution in [2.45, 2.75) is 10.9 Å². The average Bonchev–Trinajstić information content (AvgIpc) is 2.13. The van der Waals surface area contributed by atoms with Gasteiger partial charge in [0.2, 0.25) is 10.0 Å². The largest absolute Gasteiger partial charge is 0.368 e. The predicted molar refractivity (Wildman–Crippen MR) is 62.9 cm³/mol. The molecule has 0 unspecified atom stereocenters. The molecule has 0 radical (unpaired) electrons. The molecule has 0 saturated carbocycles. The van der Waals surface area contributed by atoms with Crippen LogP contribution in [0, 0.1) is 0 Å². The highest BCUT2D eigenvalue weighted by Gasteiger charge is 2.25. The normalized spacial score (nSPS) is 16.9. The molecule has 3 N–H and O–H groups in total. The van der Waals surface area contributed by atoms with Gasteiger partial charge >= 0.3 is 0 Å². The van der Waals surface area contributed by atoms with E-state index >= 15 is 0 Å². The van der Waals surface area contributed by atoms with Crippen LogP contribution in [0.15, 0.2) is 29.2 Å². The van der Waals surface area contributed by atoms with Crippen LogP contribution in [0.2, 0.25) is 0 Å². The van der Waals surface area contributed by atoms with E-state index in [0.717, 1.165) is 13.1 Å². The molecule has 5 nitrogen and oxygen atoms in total. The van der Waals surface area contributed by atoms with Crippen LogP contribution >= 0.6 is 0 Å². The van der Waals surface area contributed by atoms with Crippen molar-refractivity contribution in [1.29, 1.82) is 0 Å². The quantitative estimate of drug-likeness (QED) is 0.764. The predicted octanol–water partition coefficient (Wildman–Crippen LogP) is -0.258. The van der Waals surface area contributed by atoms with Gasteiger partial charge in [-0.15, -0.1) is 0 Å². The number of hydrogen-bond donors (Lipinski definition) is 2. The van der Waals surface area contributed by atoms with E-state index in [1.807, 2.05) is 18.0 Å². The first-order chi connectivity index (χ1) is 7.50. The second kappa shape index (κ2) is 4.04. The Hall–Kier alpha value is -1.11. The summed E-state index contributed by atoms with van der Waals surface area (Å²) in [7, 11) is -1.77. The van der Waals surface area contributed by atoms with Gasteiger partial charge in [0.25, 0.3) is 0 Å². The van der Waals surface area contributed by atoms with E-state index in [2.05, 4.69) is 5.32 Å². The molecular formula is C10H15N3O2S. The Morgan fingerprint density at radius 1 is 1.38 bits per heavy atom. The second-order valence-electron chi connectivity index (χ2n) is 3.94. The summed E-state index contributed by atoms with van der Waals surface area (Å²) in [5.41, 5.74) is 0.663. The third-order valence-electron chi connectivity index (χ3n) is 2.86. The Morgan fingerprint density at radius 2 is 2.00 bits per heavy atom. The monoisotopic (exact) mass is 241 g/mol. The van der Waals surface area contributed by atoms with Crippen LogP contribution in [-0.2, 0) is 10.0 Å². The highest BCUT2D eigenvalue weighted by molar-refractivity contribution is 7.89. The number of primary sulfonamides is 1. The maximum absolute atomic E-state index is 11.4. The van der Waals surface area contributed by atoms with E-state index in [1.165, 1.54) is 6.07 Å². The summed E-state index contributed by atoms with van der Waals surface area (Å²) in [6.07, 6.45) is 0. The summed E-state index contributed by atoms with van der Waals surface area (Å²) < 4.78 is 22.8. The number of nitrogens with zero attached hydrogens (tertiary/aromatic N) is 1. The molecule has 0 bridgehead atoms. The molecule has 1 aliphatic rings. The summed E-state index contributed by atoms with van der Waals surface area (Å²) >= 11 is 0. The van der Waals surface area contributed by atoms with Gasteiger partial charge in [0.15, 0.2) is 0 Å². The zero-order valence-corrected chi connectivity index (χ0v) is 9.87. The number of sulfonamides is 1. The molecule has 0 atom stereocenters. The van der Waals surface area contributed by atoms with E-state index in [9.17, 15) is 8.42 Å². The lowest BCUT2D eigenvalue weighted by Gasteiger charge is -2.37. The maximum atomic E-state index is 11.4. The smallest absolute Gasteiger partial charge is 0.240 e. The first-order valence-electron chi connectivity index (χ1n) is 5.05. The van der Waals surface area contributed by atoms with Crippen LogP contribution in [0.5, 0.6) is 0 Å². The van der Waals surface area contributed by atoms with Crippen LogP contribution in [0.3, 0.4) is 0 Å². The number of nitrogens with two attached hydrogens (primary N) is 1. The molecule has 16 heavy (non-hydrogen) atoms. The molecule has 1 aromatic rings. The van der Waals surface area contributed by atoms with E-state index in [0.29, 0.717) is 11.7 Å². The fourth-order valence-corrected chi connectivity index (χ4v) is 2.50. The topological polar surface area (TPSA) is 75.4 Å². The van der Waals surface area contributed by atoms with Crippen LogP contribution < -0.4 is 15.4 Å². The SMILES string of the molecule is CN(c1ccccc1S(N)(=O)=O)C1CNC1. The van der Waals surface area contributed by atoms with Crippen molar-refractivity contribution >= 4 is 15.7 Å². The summed E-state index contributed by atoms with van der Waals surface area (Å²) in [5.74, 6) is 0. The van der Waals surface area contributed by atoms with Gasteiger partial charge in [0.05, 0.1) is 11.7 Å². The van der Waals surface area contributed by atoms with Crippen molar-refractivity contribution in [3.63, 3.8) is 0 Å². The third kappa shape index (κ3) is 2.04. The summed E-state index contributed by atoms with van der Waals surface area (Å²) in [6.45, 7) is 1.74. The molecule has 1 aromatic carbocycles. The van der Waals surface area contributed by atoms with Gasteiger partial charge < -0.3 is 10.2 Å². The van der Waals surface area contributed by atoms with Crippen molar-refractivity contribution < 1.29 is 8.42 Å². The Kier molecular flexibility index (Phi) is 2.88. The van der Waals surface area contributed by atoms with Crippen molar-refractivity contribution in [2.75, 3.05) is 25.0 Å². The van der Waals surface area contributed by atoms with Gasteiger partial charge in [-0.1, -0.05) is 12.1 Å². The summed E-state index contributed by atoms with van der Waals surface area (Å²) in [4.78, 5) is 2.14. The molecule has 0 spiro atoms. The minimum Gasteiger partial charge on any atom is -0.368 e. The lowest BCUT2D eigenvalue weighted by atomic mass is 10.1. The number of para-hydroxylation sites is 1. The number of benzene rings is 1. The minimum atomic E-state index is -3.66. The molecule has 6 heteroatoms. The fraction of sp³-hybridized carbons (Fsp3) is 0.400. The van der Waals surface area contributed by atoms with Crippen LogP contribution in [0.1, 0.15) is 0 Å². The molecule has 1 aliphatic heterocycles. The van der Waals surface area contributed by atoms with Gasteiger partial charge in [-0.25, -0.2) is 13.6 Å². The number of likely N-dealkylation sites (N-methyl/N-ethyl adjacent to an activating group) is 1. The van der Waals surface area contributed by atoms with E-state index < -0.39 is 10.0 Å². The second-order valence-corrected chi connectivity index (χ2v) is 5.47. The standard InChI is InChI=1S/C10H15N3O2S/c1-13(8-6-12-7-8)9-4-2-3-5-10(9)16(11,14)15/h2-5,8,12H,6-7H2,1H3,(H2,11,14,15). The van der Waals surface area contributed by atoms with Gasteiger partial charge in [-0.2, -0.15) is 0 Å². The van der Waals surface area contributed by atoms with Gasteiger partial charge in [-0.3, -0.25) is 0 Å². The first-order valence-corrected chi connectivity index (χ1v) is 6.60. The molecule has 1 fully saturated rings. The Labute approximate surface area is 95.3 Å². The highest BCUT2D eigenvalue weighted by Crippen LogP contribution is 2.25. The third-order valence-corrected chi connectivity index (χ3v) is 3.82. The molecule has 0 aliphatic carbocycles. The molecule has 0 aromatic heterocycles. The summed E-state index contributed by atoms with van der Waals surface area (Å²) in [5, 5.41) is 8.33. The Bertz CT molecular complexity index is 483. The zero-order valence-electron chi connectivity index (χ0n) is 9.05. The molecule has 0 amide bonds. The van der Waals surface area contributed by atoms with E-state index in [1.54, 1.807) is 12.1 Å². The van der Waals surface area contributed by atoms with Crippen LogP contribution in [0.25, 0.3) is 0 Å². The molecule has 1 heterocycles. The van der Waals surface area contributed by atoms with E-state index in [4.69, 9.17) is 5.14 Å². The number of anilines is 1. The number of hydrogen-bond acceptors (Lipinski definition) is 4. The van der Waals surface area contributed by atoms with Crippen molar-refractivity contribution in [1.82, 2.24) is 5.32 Å². The lowest BCUT2D eigenvalue weighted by molar-refractivity contribution is 0.427. The Balaban J connectivity index is 2.39. The molecule has 88 valence electrons. The van der Waals surface area contributed by atoms with Crippen LogP contribution in [0.4, 0.5) is 5.69 Å². The average molecular weight is 241 g/mol.